The van der Waals surface area contributed by atoms with Gasteiger partial charge >= 0.3 is 0 Å². The lowest BCUT2D eigenvalue weighted by Gasteiger charge is -2.14. The van der Waals surface area contributed by atoms with Crippen LogP contribution in [-0.4, -0.2) is 31.1 Å². The highest BCUT2D eigenvalue weighted by atomic mass is 32.1. The van der Waals surface area contributed by atoms with Crippen molar-refractivity contribution in [2.24, 2.45) is 0 Å². The van der Waals surface area contributed by atoms with E-state index < -0.39 is 0 Å². The zero-order valence-corrected chi connectivity index (χ0v) is 8.81. The first-order chi connectivity index (χ1) is 6.38. The van der Waals surface area contributed by atoms with Crippen LogP contribution in [0.25, 0.3) is 0 Å². The van der Waals surface area contributed by atoms with Gasteiger partial charge in [0.25, 0.3) is 0 Å². The van der Waals surface area contributed by atoms with E-state index in [9.17, 15) is 0 Å². The van der Waals surface area contributed by atoms with Gasteiger partial charge in [0.1, 0.15) is 0 Å². The van der Waals surface area contributed by atoms with Crippen molar-refractivity contribution >= 4 is 11.3 Å². The van der Waals surface area contributed by atoms with E-state index in [0.29, 0.717) is 6.04 Å². The van der Waals surface area contributed by atoms with E-state index in [2.05, 4.69) is 34.8 Å². The van der Waals surface area contributed by atoms with Crippen LogP contribution in [0.5, 0.6) is 0 Å². The number of rotatable bonds is 3. The quantitative estimate of drug-likeness (QED) is 0.789. The highest BCUT2D eigenvalue weighted by Crippen LogP contribution is 2.16. The maximum Gasteiger partial charge on any atom is 0.0328 e. The normalized spacial score (nSPS) is 23.9. The maximum absolute atomic E-state index is 3.34. The molecule has 1 aliphatic heterocycles. The second kappa shape index (κ2) is 4.22. The Morgan fingerprint density at radius 2 is 2.62 bits per heavy atom. The van der Waals surface area contributed by atoms with Gasteiger partial charge in [0.2, 0.25) is 0 Å². The fourth-order valence-corrected chi connectivity index (χ4v) is 2.58. The van der Waals surface area contributed by atoms with Crippen molar-refractivity contribution in [3.05, 3.63) is 22.4 Å². The number of likely N-dealkylation sites (tertiary alicyclic amines) is 1. The standard InChI is InChI=1S/C10H16N2S/c1-11-9-4-5-12(7-9)8-10-3-2-6-13-10/h2-3,6,9,11H,4-5,7-8H2,1H3. The summed E-state index contributed by atoms with van der Waals surface area (Å²) in [6, 6.07) is 5.06. The number of hydrogen-bond donors (Lipinski definition) is 1. The van der Waals surface area contributed by atoms with Gasteiger partial charge in [0, 0.05) is 30.6 Å². The third-order valence-electron chi connectivity index (χ3n) is 2.64. The minimum atomic E-state index is 0.708. The maximum atomic E-state index is 3.34. The van der Waals surface area contributed by atoms with Gasteiger partial charge in [-0.15, -0.1) is 11.3 Å². The Morgan fingerprint density at radius 3 is 3.23 bits per heavy atom. The molecule has 0 aliphatic carbocycles. The molecule has 2 heterocycles. The van der Waals surface area contributed by atoms with Crippen molar-refractivity contribution in [2.45, 2.75) is 19.0 Å². The summed E-state index contributed by atoms with van der Waals surface area (Å²) >= 11 is 1.86. The van der Waals surface area contributed by atoms with Crippen LogP contribution in [0, 0.1) is 0 Å². The van der Waals surface area contributed by atoms with Crippen LogP contribution in [-0.2, 0) is 6.54 Å². The molecule has 1 unspecified atom stereocenters. The van der Waals surface area contributed by atoms with Crippen molar-refractivity contribution in [1.29, 1.82) is 0 Å². The predicted octanol–water partition coefficient (Wildman–Crippen LogP) is 1.54. The second-order valence-electron chi connectivity index (χ2n) is 3.59. The molecule has 1 N–H and O–H groups in total. The molecular formula is C10H16N2S. The molecule has 2 nitrogen and oxygen atoms in total. The summed E-state index contributed by atoms with van der Waals surface area (Å²) in [5.41, 5.74) is 0. The molecule has 0 bridgehead atoms. The van der Waals surface area contributed by atoms with Crippen LogP contribution >= 0.6 is 11.3 Å². The van der Waals surface area contributed by atoms with Crippen LogP contribution in [0.2, 0.25) is 0 Å². The van der Waals surface area contributed by atoms with E-state index in [4.69, 9.17) is 0 Å². The topological polar surface area (TPSA) is 15.3 Å². The van der Waals surface area contributed by atoms with E-state index in [1.54, 1.807) is 0 Å². The fourth-order valence-electron chi connectivity index (χ4n) is 1.83. The molecule has 13 heavy (non-hydrogen) atoms. The molecule has 2 rings (SSSR count). The predicted molar refractivity (Wildman–Crippen MR) is 57.1 cm³/mol. The summed E-state index contributed by atoms with van der Waals surface area (Å²) in [7, 11) is 2.05. The first kappa shape index (κ1) is 9.19. The highest BCUT2D eigenvalue weighted by molar-refractivity contribution is 7.09. The van der Waals surface area contributed by atoms with Gasteiger partial charge in [0.15, 0.2) is 0 Å². The summed E-state index contributed by atoms with van der Waals surface area (Å²) in [6.45, 7) is 3.58. The Balaban J connectivity index is 1.84. The highest BCUT2D eigenvalue weighted by Gasteiger charge is 2.20. The molecule has 0 saturated carbocycles. The van der Waals surface area contributed by atoms with Gasteiger partial charge < -0.3 is 5.32 Å². The first-order valence-electron chi connectivity index (χ1n) is 4.80. The van der Waals surface area contributed by atoms with Gasteiger partial charge in [-0.2, -0.15) is 0 Å². The van der Waals surface area contributed by atoms with E-state index >= 15 is 0 Å². The minimum Gasteiger partial charge on any atom is -0.316 e. The van der Waals surface area contributed by atoms with Crippen molar-refractivity contribution in [3.8, 4) is 0 Å². The van der Waals surface area contributed by atoms with Crippen LogP contribution in [0.4, 0.5) is 0 Å². The van der Waals surface area contributed by atoms with Crippen LogP contribution in [0.15, 0.2) is 17.5 Å². The molecule has 1 aliphatic rings. The van der Waals surface area contributed by atoms with E-state index in [1.165, 1.54) is 24.4 Å². The molecule has 1 fully saturated rings. The molecule has 1 saturated heterocycles. The summed E-state index contributed by atoms with van der Waals surface area (Å²) < 4.78 is 0. The van der Waals surface area contributed by atoms with Gasteiger partial charge in [-0.25, -0.2) is 0 Å². The number of thiophene rings is 1. The monoisotopic (exact) mass is 196 g/mol. The van der Waals surface area contributed by atoms with E-state index in [-0.39, 0.29) is 0 Å². The van der Waals surface area contributed by atoms with E-state index in [0.717, 1.165) is 6.54 Å². The van der Waals surface area contributed by atoms with Crippen molar-refractivity contribution in [1.82, 2.24) is 10.2 Å². The smallest absolute Gasteiger partial charge is 0.0328 e. The Morgan fingerprint density at radius 1 is 1.69 bits per heavy atom. The lowest BCUT2D eigenvalue weighted by atomic mass is 10.3. The van der Waals surface area contributed by atoms with E-state index in [1.807, 2.05) is 11.3 Å². The van der Waals surface area contributed by atoms with Gasteiger partial charge in [-0.1, -0.05) is 6.07 Å². The number of nitrogens with zero attached hydrogens (tertiary/aromatic N) is 1. The molecule has 1 aromatic rings. The van der Waals surface area contributed by atoms with Gasteiger partial charge in [0.05, 0.1) is 0 Å². The minimum absolute atomic E-state index is 0.708. The molecule has 3 heteroatoms. The van der Waals surface area contributed by atoms with Crippen LogP contribution in [0.1, 0.15) is 11.3 Å². The summed E-state index contributed by atoms with van der Waals surface area (Å²) in [6.07, 6.45) is 1.29. The molecule has 0 radical (unpaired) electrons. The van der Waals surface area contributed by atoms with Gasteiger partial charge in [-0.3, -0.25) is 4.90 Å². The lowest BCUT2D eigenvalue weighted by Crippen LogP contribution is -2.29. The fraction of sp³-hybridized carbons (Fsp3) is 0.600. The molecule has 72 valence electrons. The lowest BCUT2D eigenvalue weighted by molar-refractivity contribution is 0.325. The average molecular weight is 196 g/mol. The Bertz CT molecular complexity index is 245. The summed E-state index contributed by atoms with van der Waals surface area (Å²) in [5.74, 6) is 0. The first-order valence-corrected chi connectivity index (χ1v) is 5.68. The molecule has 0 aromatic carbocycles. The second-order valence-corrected chi connectivity index (χ2v) is 4.62. The molecule has 1 aromatic heterocycles. The number of nitrogens with one attached hydrogen (secondary N) is 1. The third kappa shape index (κ3) is 2.30. The SMILES string of the molecule is CNC1CCN(Cc2cccs2)C1. The average Bonchev–Trinajstić information content (AvgIpc) is 2.76. The third-order valence-corrected chi connectivity index (χ3v) is 3.50. The van der Waals surface area contributed by atoms with Crippen molar-refractivity contribution < 1.29 is 0 Å². The number of likely N-dealkylation sites (N-methyl/N-ethyl adjacent to an activating group) is 1. The zero-order chi connectivity index (χ0) is 9.10. The van der Waals surface area contributed by atoms with Gasteiger partial charge in [-0.05, 0) is 24.9 Å². The van der Waals surface area contributed by atoms with Crippen molar-refractivity contribution in [2.75, 3.05) is 20.1 Å². The largest absolute Gasteiger partial charge is 0.316 e. The molecule has 0 spiro atoms. The Labute approximate surface area is 83.6 Å². The Hall–Kier alpha value is -0.380. The van der Waals surface area contributed by atoms with Crippen LogP contribution in [0.3, 0.4) is 0 Å². The summed E-state index contributed by atoms with van der Waals surface area (Å²) in [4.78, 5) is 4.00. The number of hydrogen-bond acceptors (Lipinski definition) is 3. The summed E-state index contributed by atoms with van der Waals surface area (Å²) in [5, 5.41) is 5.49. The molecule has 1 atom stereocenters. The molecule has 0 amide bonds. The van der Waals surface area contributed by atoms with Crippen LogP contribution < -0.4 is 5.32 Å². The Kier molecular flexibility index (Phi) is 2.98. The zero-order valence-electron chi connectivity index (χ0n) is 7.99. The molecular weight excluding hydrogens is 180 g/mol. The van der Waals surface area contributed by atoms with Crippen molar-refractivity contribution in [3.63, 3.8) is 0 Å².